The number of aryl methyl sites for hydroxylation is 1. The maximum absolute atomic E-state index is 13.6. The lowest BCUT2D eigenvalue weighted by Crippen LogP contribution is -2.43. The normalized spacial score (nSPS) is 11.1. The minimum absolute atomic E-state index is 0.147. The van der Waals surface area contributed by atoms with E-state index in [1.54, 1.807) is 19.1 Å². The van der Waals surface area contributed by atoms with Crippen LogP contribution in [0.4, 0.5) is 10.1 Å². The summed E-state index contributed by atoms with van der Waals surface area (Å²) < 4.78 is 13.6. The fourth-order valence-electron chi connectivity index (χ4n) is 4.56. The molecular weight excluding hydrogens is 419 g/mol. The molecule has 0 aliphatic carbocycles. The van der Waals surface area contributed by atoms with Crippen molar-refractivity contribution >= 4 is 5.69 Å². The summed E-state index contributed by atoms with van der Waals surface area (Å²) in [5, 5.41) is 7.13. The van der Waals surface area contributed by atoms with Gasteiger partial charge in [-0.15, -0.1) is 6.42 Å². The van der Waals surface area contributed by atoms with E-state index < -0.39 is 0 Å². The summed E-state index contributed by atoms with van der Waals surface area (Å²) in [6.07, 6.45) is 9.76. The lowest BCUT2D eigenvalue weighted by Gasteiger charge is -2.36. The average molecular weight is 455 g/mol. The molecule has 0 aliphatic heterocycles. The van der Waals surface area contributed by atoms with Crippen molar-refractivity contribution in [2.24, 2.45) is 0 Å². The van der Waals surface area contributed by atoms with Crippen molar-refractivity contribution < 1.29 is 4.39 Å². The van der Waals surface area contributed by atoms with E-state index in [2.05, 4.69) is 67.3 Å². The van der Waals surface area contributed by atoms with E-state index in [0.29, 0.717) is 12.1 Å². The third-order valence-electron chi connectivity index (χ3n) is 6.27. The first-order chi connectivity index (χ1) is 16.4. The summed E-state index contributed by atoms with van der Waals surface area (Å²) in [4.78, 5) is 0. The smallest absolute Gasteiger partial charge is 0.126 e. The fourth-order valence-corrected chi connectivity index (χ4v) is 4.56. The molecule has 0 atom stereocenters. The van der Waals surface area contributed by atoms with Crippen LogP contribution in [0.2, 0.25) is 0 Å². The largest absolute Gasteiger partial charge is 0.358 e. The van der Waals surface area contributed by atoms with Crippen LogP contribution in [-0.2, 0) is 5.54 Å². The summed E-state index contributed by atoms with van der Waals surface area (Å²) >= 11 is 0. The van der Waals surface area contributed by atoms with Gasteiger partial charge in [0.2, 0.25) is 0 Å². The number of hydrogen-bond donors (Lipinski definition) is 2. The Labute approximate surface area is 204 Å². The number of hydrogen-bond acceptors (Lipinski definition) is 2. The minimum Gasteiger partial charge on any atom is -0.358 e. The number of terminal acetylenes is 1. The second kappa shape index (κ2) is 11.7. The van der Waals surface area contributed by atoms with Gasteiger partial charge in [-0.1, -0.05) is 75.6 Å². The molecular formula is C31H35FN2. The van der Waals surface area contributed by atoms with E-state index in [0.717, 1.165) is 53.8 Å². The lowest BCUT2D eigenvalue weighted by atomic mass is 9.81. The zero-order chi connectivity index (χ0) is 24.6. The molecule has 0 saturated heterocycles. The third kappa shape index (κ3) is 6.16. The van der Waals surface area contributed by atoms with Gasteiger partial charge in [0.15, 0.2) is 0 Å². The van der Waals surface area contributed by atoms with Gasteiger partial charge in [-0.2, -0.15) is 0 Å². The molecule has 3 aromatic carbocycles. The monoisotopic (exact) mass is 454 g/mol. The van der Waals surface area contributed by atoms with E-state index in [1.807, 2.05) is 18.2 Å². The summed E-state index contributed by atoms with van der Waals surface area (Å²) in [6.45, 7) is 11.0. The predicted octanol–water partition coefficient (Wildman–Crippen LogP) is 7.79. The Kier molecular flexibility index (Phi) is 8.68. The molecule has 0 saturated carbocycles. The van der Waals surface area contributed by atoms with Crippen molar-refractivity contribution in [1.82, 2.24) is 5.32 Å². The van der Waals surface area contributed by atoms with E-state index in [9.17, 15) is 4.39 Å². The van der Waals surface area contributed by atoms with Crippen LogP contribution in [0.5, 0.6) is 0 Å². The highest BCUT2D eigenvalue weighted by Crippen LogP contribution is 2.33. The van der Waals surface area contributed by atoms with Gasteiger partial charge >= 0.3 is 0 Å². The maximum Gasteiger partial charge on any atom is 0.126 e. The Morgan fingerprint density at radius 1 is 0.971 bits per heavy atom. The van der Waals surface area contributed by atoms with Crippen molar-refractivity contribution in [3.8, 4) is 23.5 Å². The van der Waals surface area contributed by atoms with Crippen LogP contribution in [0.3, 0.4) is 0 Å². The average Bonchev–Trinajstić information content (AvgIpc) is 2.85. The molecule has 0 radical (unpaired) electrons. The van der Waals surface area contributed by atoms with E-state index >= 15 is 0 Å². The first-order valence-corrected chi connectivity index (χ1v) is 12.0. The van der Waals surface area contributed by atoms with Gasteiger partial charge in [0.05, 0.1) is 0 Å². The van der Waals surface area contributed by atoms with Crippen LogP contribution in [0.15, 0.2) is 79.0 Å². The number of halogens is 1. The highest BCUT2D eigenvalue weighted by Gasteiger charge is 2.30. The highest BCUT2D eigenvalue weighted by molar-refractivity contribution is 5.65. The number of anilines is 1. The van der Waals surface area contributed by atoms with Gasteiger partial charge in [0.25, 0.3) is 0 Å². The Hall–Kier alpha value is -3.35. The quantitative estimate of drug-likeness (QED) is 0.289. The Balaban J connectivity index is 1.79. The predicted molar refractivity (Wildman–Crippen MR) is 143 cm³/mol. The van der Waals surface area contributed by atoms with Crippen molar-refractivity contribution in [2.45, 2.75) is 52.0 Å². The van der Waals surface area contributed by atoms with Crippen molar-refractivity contribution in [1.29, 1.82) is 0 Å². The van der Waals surface area contributed by atoms with E-state index in [-0.39, 0.29) is 11.4 Å². The Morgan fingerprint density at radius 3 is 2.29 bits per heavy atom. The van der Waals surface area contributed by atoms with Crippen molar-refractivity contribution in [3.63, 3.8) is 0 Å². The Bertz CT molecular complexity index is 1150. The molecule has 0 fully saturated rings. The summed E-state index contributed by atoms with van der Waals surface area (Å²) in [5.41, 5.74) is 6.61. The van der Waals surface area contributed by atoms with Gasteiger partial charge in [-0.25, -0.2) is 4.39 Å². The molecule has 3 aromatic rings. The van der Waals surface area contributed by atoms with Crippen LogP contribution in [0.25, 0.3) is 11.1 Å². The second-order valence-electron chi connectivity index (χ2n) is 8.93. The van der Waals surface area contributed by atoms with Gasteiger partial charge in [0, 0.05) is 29.0 Å². The van der Waals surface area contributed by atoms with Gasteiger partial charge in [-0.05, 0) is 72.4 Å². The van der Waals surface area contributed by atoms with Crippen molar-refractivity contribution in [3.05, 3.63) is 102 Å². The first kappa shape index (κ1) is 25.3. The zero-order valence-corrected chi connectivity index (χ0v) is 20.5. The number of nitrogens with one attached hydrogen (secondary N) is 2. The molecule has 0 aromatic heterocycles. The number of benzene rings is 3. The van der Waals surface area contributed by atoms with Crippen LogP contribution >= 0.6 is 0 Å². The molecule has 2 N–H and O–H groups in total. The van der Waals surface area contributed by atoms with Gasteiger partial charge < -0.3 is 10.6 Å². The molecule has 0 bridgehead atoms. The highest BCUT2D eigenvalue weighted by atomic mass is 19.1. The molecule has 3 rings (SSSR count). The van der Waals surface area contributed by atoms with E-state index in [4.69, 9.17) is 6.42 Å². The summed E-state index contributed by atoms with van der Waals surface area (Å²) in [6, 6.07) is 21.9. The standard InChI is InChI=1S/C31H35FN2/c1-6-18-31(19-7-2,33-22-24(5)34-29-16-17-30(32)23(4)20-29)28-14-12-26(13-15-28)27-11-9-10-25(8-3)21-27/h3,9-17,20-21,33-34H,5-7,18-19,22H2,1-2,4H3. The molecule has 2 nitrogen and oxygen atoms in total. The van der Waals surface area contributed by atoms with Crippen molar-refractivity contribution in [2.75, 3.05) is 11.9 Å². The summed E-state index contributed by atoms with van der Waals surface area (Å²) in [7, 11) is 0. The molecule has 0 spiro atoms. The van der Waals surface area contributed by atoms with Crippen LogP contribution in [-0.4, -0.2) is 6.54 Å². The molecule has 0 heterocycles. The minimum atomic E-state index is -0.200. The maximum atomic E-state index is 13.6. The topological polar surface area (TPSA) is 24.1 Å². The molecule has 0 aliphatic rings. The zero-order valence-electron chi connectivity index (χ0n) is 20.5. The molecule has 0 amide bonds. The molecule has 3 heteroatoms. The lowest BCUT2D eigenvalue weighted by molar-refractivity contribution is 0.289. The summed E-state index contributed by atoms with van der Waals surface area (Å²) in [5.74, 6) is 2.51. The molecule has 34 heavy (non-hydrogen) atoms. The second-order valence-corrected chi connectivity index (χ2v) is 8.93. The Morgan fingerprint density at radius 2 is 1.68 bits per heavy atom. The molecule has 0 unspecified atom stereocenters. The first-order valence-electron chi connectivity index (χ1n) is 12.0. The number of rotatable bonds is 11. The molecule has 176 valence electrons. The van der Waals surface area contributed by atoms with E-state index in [1.165, 1.54) is 11.6 Å². The fraction of sp³-hybridized carbons (Fsp3) is 0.290. The van der Waals surface area contributed by atoms with Gasteiger partial charge in [0.1, 0.15) is 5.82 Å². The SMILES string of the molecule is C#Cc1cccc(-c2ccc(C(CCC)(CCC)NCC(=C)Nc3ccc(F)c(C)c3)cc2)c1. The third-order valence-corrected chi connectivity index (χ3v) is 6.27. The van der Waals surface area contributed by atoms with Gasteiger partial charge in [-0.3, -0.25) is 0 Å². The van der Waals surface area contributed by atoms with Crippen LogP contribution in [0, 0.1) is 25.1 Å². The van der Waals surface area contributed by atoms with Crippen LogP contribution < -0.4 is 10.6 Å². The van der Waals surface area contributed by atoms with Crippen LogP contribution in [0.1, 0.15) is 56.2 Å².